The number of methoxy groups -OCH3 is 1. The first-order valence-electron chi connectivity index (χ1n) is 10.4. The fourth-order valence-electron chi connectivity index (χ4n) is 3.27. The molecule has 8 heteroatoms. The van der Waals surface area contributed by atoms with Crippen molar-refractivity contribution in [3.05, 3.63) is 88.8 Å². The van der Waals surface area contributed by atoms with Crippen molar-refractivity contribution in [2.45, 2.75) is 0 Å². The highest BCUT2D eigenvalue weighted by atomic mass is 32.2. The quantitative estimate of drug-likeness (QED) is 0.199. The van der Waals surface area contributed by atoms with Crippen molar-refractivity contribution in [1.29, 1.82) is 0 Å². The van der Waals surface area contributed by atoms with Crippen LogP contribution in [0.5, 0.6) is 11.5 Å². The third-order valence-corrected chi connectivity index (χ3v) is 6.43. The van der Waals surface area contributed by atoms with Gasteiger partial charge in [-0.2, -0.15) is 0 Å². The molecule has 6 nitrogen and oxygen atoms in total. The van der Waals surface area contributed by atoms with Crippen LogP contribution in [0.4, 0.5) is 11.4 Å². The summed E-state index contributed by atoms with van der Waals surface area (Å²) in [4.78, 5) is 29.4. The Morgan fingerprint density at radius 2 is 1.56 bits per heavy atom. The molecule has 0 radical (unpaired) electrons. The van der Waals surface area contributed by atoms with Crippen molar-refractivity contribution >= 4 is 57.6 Å². The third-order valence-electron chi connectivity index (χ3n) is 5.13. The minimum absolute atomic E-state index is 0.164. The molecule has 0 saturated carbocycles. The van der Waals surface area contributed by atoms with E-state index in [4.69, 9.17) is 21.7 Å². The Bertz CT molecular complexity index is 1250. The lowest BCUT2D eigenvalue weighted by Crippen LogP contribution is -2.27. The van der Waals surface area contributed by atoms with E-state index in [0.29, 0.717) is 26.3 Å². The van der Waals surface area contributed by atoms with Crippen LogP contribution in [0, 0.1) is 0 Å². The number of thioether (sulfide) groups is 1. The van der Waals surface area contributed by atoms with Crippen LogP contribution < -0.4 is 19.3 Å². The van der Waals surface area contributed by atoms with E-state index in [9.17, 15) is 9.59 Å². The van der Waals surface area contributed by atoms with Gasteiger partial charge in [-0.25, -0.2) is 4.79 Å². The molecule has 1 saturated heterocycles. The lowest BCUT2D eigenvalue weighted by atomic mass is 10.2. The summed E-state index contributed by atoms with van der Waals surface area (Å²) in [5.74, 6) is 0.447. The van der Waals surface area contributed by atoms with Crippen molar-refractivity contribution in [3.63, 3.8) is 0 Å². The smallest absolute Gasteiger partial charge is 0.343 e. The van der Waals surface area contributed by atoms with Crippen molar-refractivity contribution < 1.29 is 19.1 Å². The molecule has 0 aliphatic carbocycles. The molecular weight excluding hydrogens is 468 g/mol. The number of carbonyl (C=O) groups is 2. The van der Waals surface area contributed by atoms with Gasteiger partial charge in [0, 0.05) is 19.8 Å². The maximum atomic E-state index is 13.0. The second-order valence-corrected chi connectivity index (χ2v) is 9.29. The Morgan fingerprint density at radius 3 is 2.15 bits per heavy atom. The molecule has 0 N–H and O–H groups in total. The summed E-state index contributed by atoms with van der Waals surface area (Å²) < 4.78 is 11.0. The molecule has 4 rings (SSSR count). The Balaban J connectivity index is 1.45. The highest BCUT2D eigenvalue weighted by Crippen LogP contribution is 2.36. The average molecular weight is 491 g/mol. The van der Waals surface area contributed by atoms with Gasteiger partial charge < -0.3 is 14.4 Å². The lowest BCUT2D eigenvalue weighted by Gasteiger charge is -2.17. The fourth-order valence-corrected chi connectivity index (χ4v) is 4.57. The summed E-state index contributed by atoms with van der Waals surface area (Å²) in [6.45, 7) is 0. The monoisotopic (exact) mass is 490 g/mol. The molecule has 0 unspecified atom stereocenters. The highest BCUT2D eigenvalue weighted by molar-refractivity contribution is 8.27. The number of esters is 1. The first-order chi connectivity index (χ1) is 16.4. The highest BCUT2D eigenvalue weighted by Gasteiger charge is 2.33. The van der Waals surface area contributed by atoms with Crippen LogP contribution in [-0.2, 0) is 4.79 Å². The van der Waals surface area contributed by atoms with Gasteiger partial charge >= 0.3 is 5.97 Å². The second-order valence-electron chi connectivity index (χ2n) is 7.62. The van der Waals surface area contributed by atoms with Gasteiger partial charge in [0.15, 0.2) is 4.32 Å². The van der Waals surface area contributed by atoms with Crippen molar-refractivity contribution in [2.75, 3.05) is 31.0 Å². The van der Waals surface area contributed by atoms with Crippen molar-refractivity contribution in [2.24, 2.45) is 0 Å². The van der Waals surface area contributed by atoms with Crippen molar-refractivity contribution in [1.82, 2.24) is 0 Å². The van der Waals surface area contributed by atoms with E-state index in [1.165, 1.54) is 16.7 Å². The van der Waals surface area contributed by atoms with E-state index in [1.54, 1.807) is 61.7 Å². The summed E-state index contributed by atoms with van der Waals surface area (Å²) >= 11 is 6.72. The van der Waals surface area contributed by atoms with Crippen LogP contribution in [0.1, 0.15) is 15.9 Å². The number of anilines is 2. The van der Waals surface area contributed by atoms with E-state index >= 15 is 0 Å². The molecule has 3 aromatic carbocycles. The minimum Gasteiger partial charge on any atom is -0.497 e. The number of hydrogen-bond donors (Lipinski definition) is 0. The first kappa shape index (κ1) is 23.5. The molecule has 1 heterocycles. The maximum absolute atomic E-state index is 13.0. The molecule has 0 aromatic heterocycles. The molecule has 1 fully saturated rings. The second kappa shape index (κ2) is 10.1. The predicted molar refractivity (Wildman–Crippen MR) is 141 cm³/mol. The lowest BCUT2D eigenvalue weighted by molar-refractivity contribution is -0.113. The van der Waals surface area contributed by atoms with Gasteiger partial charge in [-0.1, -0.05) is 36.1 Å². The average Bonchev–Trinajstić information content (AvgIpc) is 3.12. The van der Waals surface area contributed by atoms with Crippen LogP contribution >= 0.6 is 24.0 Å². The van der Waals surface area contributed by atoms with Gasteiger partial charge in [0.05, 0.1) is 23.3 Å². The minimum atomic E-state index is -0.462. The van der Waals surface area contributed by atoms with Gasteiger partial charge in [0.25, 0.3) is 5.91 Å². The van der Waals surface area contributed by atoms with E-state index < -0.39 is 5.97 Å². The van der Waals surface area contributed by atoms with Crippen molar-refractivity contribution in [3.8, 4) is 11.5 Å². The molecule has 1 amide bonds. The molecular formula is C26H22N2O4S2. The number of benzene rings is 3. The van der Waals surface area contributed by atoms with Gasteiger partial charge in [-0.05, 0) is 72.3 Å². The van der Waals surface area contributed by atoms with E-state index in [2.05, 4.69) is 0 Å². The summed E-state index contributed by atoms with van der Waals surface area (Å²) in [7, 11) is 5.49. The molecule has 0 spiro atoms. The zero-order valence-electron chi connectivity index (χ0n) is 18.8. The topological polar surface area (TPSA) is 59.1 Å². The Hall–Kier alpha value is -3.62. The molecule has 3 aromatic rings. The number of rotatable bonds is 6. The molecule has 1 aliphatic rings. The van der Waals surface area contributed by atoms with Gasteiger partial charge in [0.1, 0.15) is 11.5 Å². The molecule has 1 aliphatic heterocycles. The number of nitrogens with zero attached hydrogens (tertiary/aromatic N) is 2. The third kappa shape index (κ3) is 5.13. The van der Waals surface area contributed by atoms with Gasteiger partial charge in [0.2, 0.25) is 0 Å². The largest absolute Gasteiger partial charge is 0.497 e. The number of ether oxygens (including phenoxy) is 2. The summed E-state index contributed by atoms with van der Waals surface area (Å²) in [5, 5.41) is 0. The summed E-state index contributed by atoms with van der Waals surface area (Å²) in [5.41, 5.74) is 3.00. The molecule has 0 atom stereocenters. The van der Waals surface area contributed by atoms with Crippen LogP contribution in [0.3, 0.4) is 0 Å². The zero-order chi connectivity index (χ0) is 24.2. The Labute approximate surface area is 207 Å². The molecule has 34 heavy (non-hydrogen) atoms. The molecule has 172 valence electrons. The summed E-state index contributed by atoms with van der Waals surface area (Å²) in [6, 6.07) is 21.3. The number of carbonyl (C=O) groups excluding carboxylic acids is 2. The van der Waals surface area contributed by atoms with Crippen LogP contribution in [-0.4, -0.2) is 37.4 Å². The van der Waals surface area contributed by atoms with E-state index in [-0.39, 0.29) is 5.91 Å². The van der Waals surface area contributed by atoms with E-state index in [0.717, 1.165) is 16.9 Å². The normalized spacial score (nSPS) is 14.4. The molecule has 0 bridgehead atoms. The number of hydrogen-bond acceptors (Lipinski definition) is 7. The first-order valence-corrected chi connectivity index (χ1v) is 11.6. The zero-order valence-corrected chi connectivity index (χ0v) is 20.5. The predicted octanol–water partition coefficient (Wildman–Crippen LogP) is 5.39. The fraction of sp³-hybridized carbons (Fsp3) is 0.115. The van der Waals surface area contributed by atoms with Crippen LogP contribution in [0.2, 0.25) is 0 Å². The van der Waals surface area contributed by atoms with Gasteiger partial charge in [-0.15, -0.1) is 0 Å². The number of amides is 1. The van der Waals surface area contributed by atoms with Crippen LogP contribution in [0.25, 0.3) is 6.08 Å². The van der Waals surface area contributed by atoms with Crippen LogP contribution in [0.15, 0.2) is 77.7 Å². The number of thiocarbonyl (C=S) groups is 1. The van der Waals surface area contributed by atoms with E-state index in [1.807, 2.05) is 43.3 Å². The Morgan fingerprint density at radius 1 is 0.941 bits per heavy atom. The maximum Gasteiger partial charge on any atom is 0.343 e. The standard InChI is InChI=1S/C26H22N2O4S2/c1-27(2)19-8-10-20(11-9-19)28-24(29)23(34-26(28)33)16-17-4-12-22(13-5-17)32-25(30)18-6-14-21(31-3)15-7-18/h4-16H,1-3H3. The van der Waals surface area contributed by atoms with Gasteiger partial charge in [-0.3, -0.25) is 9.69 Å². The summed E-state index contributed by atoms with van der Waals surface area (Å²) in [6.07, 6.45) is 1.78. The SMILES string of the molecule is COc1ccc(C(=O)Oc2ccc(C=C3SC(=S)N(c4ccc(N(C)C)cc4)C3=O)cc2)cc1. The Kier molecular flexibility index (Phi) is 7.00.